The summed E-state index contributed by atoms with van der Waals surface area (Å²) in [5.41, 5.74) is -0.429. The third-order valence-electron chi connectivity index (χ3n) is 2.13. The number of nitrogens with one attached hydrogen (secondary N) is 1. The molecule has 0 unspecified atom stereocenters. The monoisotopic (exact) mass is 240 g/mol. The molecule has 4 heteroatoms. The summed E-state index contributed by atoms with van der Waals surface area (Å²) in [4.78, 5) is 11.3. The molecular weight excluding hydrogens is 216 g/mol. The first-order valence-electron chi connectivity index (χ1n) is 6.29. The number of hydrogen-bond acceptors (Lipinski definition) is 3. The Kier molecular flexibility index (Phi) is 8.21. The van der Waals surface area contributed by atoms with Crippen LogP contribution < -0.4 is 5.32 Å². The summed E-state index contributed by atoms with van der Waals surface area (Å²) in [6, 6.07) is 2.13. The van der Waals surface area contributed by atoms with E-state index in [1.807, 2.05) is 20.8 Å². The molecule has 0 heterocycles. The lowest BCUT2D eigenvalue weighted by Crippen LogP contribution is -2.32. The Morgan fingerprint density at radius 1 is 1.18 bits per heavy atom. The van der Waals surface area contributed by atoms with E-state index < -0.39 is 5.60 Å². The summed E-state index contributed by atoms with van der Waals surface area (Å²) >= 11 is 0. The lowest BCUT2D eigenvalue weighted by atomic mass is 10.1. The second-order valence-corrected chi connectivity index (χ2v) is 5.10. The summed E-state index contributed by atoms with van der Waals surface area (Å²) in [5, 5.41) is 11.1. The minimum Gasteiger partial charge on any atom is -0.444 e. The Hall–Kier alpha value is -1.24. The standard InChI is InChI=1S/C13H24N2O2/c1-13(2,3)17-12(16)15-11-9-7-5-4-6-8-10-14/h4-9,11H2,1-3H3,(H,15,16). The number of carbonyl (C=O) groups is 1. The van der Waals surface area contributed by atoms with E-state index in [-0.39, 0.29) is 6.09 Å². The number of rotatable bonds is 7. The number of hydrogen-bond donors (Lipinski definition) is 1. The van der Waals surface area contributed by atoms with Crippen LogP contribution in [0, 0.1) is 11.3 Å². The minimum atomic E-state index is -0.429. The highest BCUT2D eigenvalue weighted by Crippen LogP contribution is 2.07. The molecule has 0 saturated carbocycles. The van der Waals surface area contributed by atoms with Crippen LogP contribution in [0.1, 0.15) is 59.3 Å². The molecule has 0 aromatic rings. The highest BCUT2D eigenvalue weighted by atomic mass is 16.6. The molecule has 17 heavy (non-hydrogen) atoms. The fraction of sp³-hybridized carbons (Fsp3) is 0.846. The first-order chi connectivity index (χ1) is 7.95. The zero-order chi connectivity index (χ0) is 13.1. The lowest BCUT2D eigenvalue weighted by Gasteiger charge is -2.19. The average molecular weight is 240 g/mol. The normalized spacial score (nSPS) is 10.7. The van der Waals surface area contributed by atoms with Crippen LogP contribution in [0.15, 0.2) is 0 Å². The summed E-state index contributed by atoms with van der Waals surface area (Å²) in [6.07, 6.45) is 5.55. The molecule has 4 nitrogen and oxygen atoms in total. The first kappa shape index (κ1) is 15.8. The van der Waals surface area contributed by atoms with Crippen molar-refractivity contribution in [3.63, 3.8) is 0 Å². The minimum absolute atomic E-state index is 0.345. The number of nitriles is 1. The van der Waals surface area contributed by atoms with E-state index >= 15 is 0 Å². The van der Waals surface area contributed by atoms with Crippen LogP contribution in [0.5, 0.6) is 0 Å². The van der Waals surface area contributed by atoms with Crippen molar-refractivity contribution >= 4 is 6.09 Å². The van der Waals surface area contributed by atoms with Gasteiger partial charge in [0.2, 0.25) is 0 Å². The molecule has 0 spiro atoms. The van der Waals surface area contributed by atoms with Crippen molar-refractivity contribution in [3.8, 4) is 6.07 Å². The molecule has 0 radical (unpaired) electrons. The molecule has 0 aromatic heterocycles. The van der Waals surface area contributed by atoms with Gasteiger partial charge in [-0.15, -0.1) is 0 Å². The van der Waals surface area contributed by atoms with Crippen molar-refractivity contribution in [2.45, 2.75) is 64.9 Å². The summed E-state index contributed by atoms with van der Waals surface area (Å²) in [6.45, 7) is 6.21. The molecule has 0 aromatic carbocycles. The van der Waals surface area contributed by atoms with Crippen LogP contribution in [0.2, 0.25) is 0 Å². The van der Waals surface area contributed by atoms with E-state index in [2.05, 4.69) is 11.4 Å². The van der Waals surface area contributed by atoms with Gasteiger partial charge in [0, 0.05) is 13.0 Å². The van der Waals surface area contributed by atoms with Gasteiger partial charge in [-0.25, -0.2) is 4.79 Å². The van der Waals surface area contributed by atoms with Crippen molar-refractivity contribution in [3.05, 3.63) is 0 Å². The van der Waals surface area contributed by atoms with Crippen LogP contribution >= 0.6 is 0 Å². The number of alkyl carbamates (subject to hydrolysis) is 1. The predicted octanol–water partition coefficient (Wildman–Crippen LogP) is 3.38. The van der Waals surface area contributed by atoms with E-state index in [0.29, 0.717) is 13.0 Å². The maximum absolute atomic E-state index is 11.3. The molecule has 0 saturated heterocycles. The highest BCUT2D eigenvalue weighted by molar-refractivity contribution is 5.67. The van der Waals surface area contributed by atoms with Crippen LogP contribution in [0.3, 0.4) is 0 Å². The highest BCUT2D eigenvalue weighted by Gasteiger charge is 2.15. The SMILES string of the molecule is CC(C)(C)OC(=O)NCCCCCCCC#N. The molecule has 98 valence electrons. The van der Waals surface area contributed by atoms with Gasteiger partial charge in [0.25, 0.3) is 0 Å². The van der Waals surface area contributed by atoms with Gasteiger partial charge in [0.15, 0.2) is 0 Å². The molecule has 0 rings (SSSR count). The van der Waals surface area contributed by atoms with Gasteiger partial charge in [-0.2, -0.15) is 5.26 Å². The fourth-order valence-corrected chi connectivity index (χ4v) is 1.36. The van der Waals surface area contributed by atoms with Crippen LogP contribution in [-0.4, -0.2) is 18.2 Å². The first-order valence-corrected chi connectivity index (χ1v) is 6.29. The van der Waals surface area contributed by atoms with Gasteiger partial charge < -0.3 is 10.1 Å². The maximum atomic E-state index is 11.3. The van der Waals surface area contributed by atoms with Gasteiger partial charge in [0.05, 0.1) is 6.07 Å². The third kappa shape index (κ3) is 12.7. The molecule has 0 atom stereocenters. The van der Waals surface area contributed by atoms with E-state index in [4.69, 9.17) is 10.00 Å². The van der Waals surface area contributed by atoms with Crippen LogP contribution in [0.4, 0.5) is 4.79 Å². The number of unbranched alkanes of at least 4 members (excludes halogenated alkanes) is 5. The van der Waals surface area contributed by atoms with Crippen LogP contribution in [-0.2, 0) is 4.74 Å². The van der Waals surface area contributed by atoms with Crippen molar-refractivity contribution < 1.29 is 9.53 Å². The molecule has 1 amide bonds. The molecule has 0 aliphatic carbocycles. The van der Waals surface area contributed by atoms with E-state index in [0.717, 1.165) is 32.1 Å². The Balaban J connectivity index is 3.29. The molecule has 0 aliphatic heterocycles. The van der Waals surface area contributed by atoms with Crippen molar-refractivity contribution in [2.75, 3.05) is 6.54 Å². The Labute approximate surface area is 104 Å². The molecule has 0 fully saturated rings. The molecule has 1 N–H and O–H groups in total. The zero-order valence-electron chi connectivity index (χ0n) is 11.2. The number of amides is 1. The van der Waals surface area contributed by atoms with Crippen molar-refractivity contribution in [2.24, 2.45) is 0 Å². The third-order valence-corrected chi connectivity index (χ3v) is 2.13. The Morgan fingerprint density at radius 2 is 1.76 bits per heavy atom. The number of ether oxygens (including phenoxy) is 1. The van der Waals surface area contributed by atoms with Gasteiger partial charge >= 0.3 is 6.09 Å². The van der Waals surface area contributed by atoms with Gasteiger partial charge in [-0.1, -0.05) is 19.3 Å². The zero-order valence-corrected chi connectivity index (χ0v) is 11.2. The van der Waals surface area contributed by atoms with Crippen molar-refractivity contribution in [1.29, 1.82) is 5.26 Å². The predicted molar refractivity (Wildman–Crippen MR) is 67.6 cm³/mol. The van der Waals surface area contributed by atoms with Gasteiger partial charge in [0.1, 0.15) is 5.60 Å². The van der Waals surface area contributed by atoms with E-state index in [1.165, 1.54) is 0 Å². The number of carbonyl (C=O) groups excluding carboxylic acids is 1. The smallest absolute Gasteiger partial charge is 0.407 e. The summed E-state index contributed by atoms with van der Waals surface area (Å²) in [7, 11) is 0. The molecular formula is C13H24N2O2. The second-order valence-electron chi connectivity index (χ2n) is 5.10. The fourth-order valence-electron chi connectivity index (χ4n) is 1.36. The molecule has 0 bridgehead atoms. The Morgan fingerprint density at radius 3 is 2.35 bits per heavy atom. The number of nitrogens with zero attached hydrogens (tertiary/aromatic N) is 1. The second kappa shape index (κ2) is 8.86. The molecule has 0 aliphatic rings. The quantitative estimate of drug-likeness (QED) is 0.694. The van der Waals surface area contributed by atoms with E-state index in [9.17, 15) is 4.79 Å². The largest absolute Gasteiger partial charge is 0.444 e. The van der Waals surface area contributed by atoms with Gasteiger partial charge in [-0.05, 0) is 33.6 Å². The Bertz CT molecular complexity index is 251. The van der Waals surface area contributed by atoms with E-state index in [1.54, 1.807) is 0 Å². The van der Waals surface area contributed by atoms with Crippen molar-refractivity contribution in [1.82, 2.24) is 5.32 Å². The maximum Gasteiger partial charge on any atom is 0.407 e. The summed E-state index contributed by atoms with van der Waals surface area (Å²) in [5.74, 6) is 0. The average Bonchev–Trinajstić information content (AvgIpc) is 2.19. The van der Waals surface area contributed by atoms with Gasteiger partial charge in [-0.3, -0.25) is 0 Å². The summed E-state index contributed by atoms with van der Waals surface area (Å²) < 4.78 is 5.11. The topological polar surface area (TPSA) is 62.1 Å². The lowest BCUT2D eigenvalue weighted by molar-refractivity contribution is 0.0527. The van der Waals surface area contributed by atoms with Crippen LogP contribution in [0.25, 0.3) is 0 Å².